The molecule has 0 saturated heterocycles. The minimum absolute atomic E-state index is 0.0200. The number of hydrogen-bond donors (Lipinski definition) is 2. The standard InChI is InChI=1S/C13H17Cl2NO2/c1-8(2)11(5-6-14)16-13(18)10-7-9(15)3-4-12(10)17/h3-4,7-8,11,17H,5-6H2,1-2H3,(H,16,18). The highest BCUT2D eigenvalue weighted by Crippen LogP contribution is 2.22. The van der Waals surface area contributed by atoms with Crippen LogP contribution in [0.4, 0.5) is 0 Å². The van der Waals surface area contributed by atoms with Crippen LogP contribution in [0.25, 0.3) is 0 Å². The number of halogens is 2. The summed E-state index contributed by atoms with van der Waals surface area (Å²) >= 11 is 11.5. The van der Waals surface area contributed by atoms with Crippen LogP contribution in [0.1, 0.15) is 30.6 Å². The Balaban J connectivity index is 2.83. The van der Waals surface area contributed by atoms with Gasteiger partial charge in [0.15, 0.2) is 0 Å². The lowest BCUT2D eigenvalue weighted by molar-refractivity contribution is 0.0922. The minimum Gasteiger partial charge on any atom is -0.507 e. The van der Waals surface area contributed by atoms with Crippen LogP contribution in [0.3, 0.4) is 0 Å². The summed E-state index contributed by atoms with van der Waals surface area (Å²) < 4.78 is 0. The van der Waals surface area contributed by atoms with E-state index in [2.05, 4.69) is 5.32 Å². The molecule has 0 spiro atoms. The third kappa shape index (κ3) is 4.07. The van der Waals surface area contributed by atoms with Crippen LogP contribution in [0.2, 0.25) is 5.02 Å². The molecule has 1 amide bonds. The van der Waals surface area contributed by atoms with Gasteiger partial charge in [-0.2, -0.15) is 0 Å². The molecule has 2 N–H and O–H groups in total. The van der Waals surface area contributed by atoms with E-state index < -0.39 is 0 Å². The Labute approximate surface area is 117 Å². The Hall–Kier alpha value is -0.930. The van der Waals surface area contributed by atoms with Crippen LogP contribution in [-0.2, 0) is 0 Å². The van der Waals surface area contributed by atoms with Gasteiger partial charge < -0.3 is 10.4 Å². The predicted molar refractivity (Wildman–Crippen MR) is 74.5 cm³/mol. The monoisotopic (exact) mass is 289 g/mol. The van der Waals surface area contributed by atoms with Gasteiger partial charge in [-0.1, -0.05) is 25.4 Å². The topological polar surface area (TPSA) is 49.3 Å². The second-order valence-electron chi connectivity index (χ2n) is 4.46. The number of phenols is 1. The van der Waals surface area contributed by atoms with Crippen LogP contribution in [0.5, 0.6) is 5.75 Å². The molecule has 1 unspecified atom stereocenters. The molecule has 5 heteroatoms. The van der Waals surface area contributed by atoms with Gasteiger partial charge in [-0.3, -0.25) is 4.79 Å². The normalized spacial score (nSPS) is 12.5. The predicted octanol–water partition coefficient (Wildman–Crippen LogP) is 3.43. The summed E-state index contributed by atoms with van der Waals surface area (Å²) in [5, 5.41) is 12.9. The SMILES string of the molecule is CC(C)C(CCCl)NC(=O)c1cc(Cl)ccc1O. The fourth-order valence-electron chi connectivity index (χ4n) is 1.63. The molecule has 18 heavy (non-hydrogen) atoms. The Kier molecular flexibility index (Phi) is 5.76. The molecule has 0 aliphatic heterocycles. The molecule has 1 rings (SSSR count). The number of rotatable bonds is 5. The Morgan fingerprint density at radius 3 is 2.67 bits per heavy atom. The van der Waals surface area contributed by atoms with Gasteiger partial charge in [0.25, 0.3) is 5.91 Å². The zero-order valence-corrected chi connectivity index (χ0v) is 11.9. The number of aromatic hydroxyl groups is 1. The first-order chi connectivity index (χ1) is 8.45. The molecule has 100 valence electrons. The van der Waals surface area contributed by atoms with Crippen LogP contribution < -0.4 is 5.32 Å². The summed E-state index contributed by atoms with van der Waals surface area (Å²) in [7, 11) is 0. The van der Waals surface area contributed by atoms with E-state index in [9.17, 15) is 9.90 Å². The summed E-state index contributed by atoms with van der Waals surface area (Å²) in [5.74, 6) is 0.336. The molecule has 1 aromatic rings. The lowest BCUT2D eigenvalue weighted by Crippen LogP contribution is -2.38. The van der Waals surface area contributed by atoms with Crippen molar-refractivity contribution < 1.29 is 9.90 Å². The summed E-state index contributed by atoms with van der Waals surface area (Å²) in [6.07, 6.45) is 0.687. The molecule has 0 saturated carbocycles. The van der Waals surface area contributed by atoms with E-state index in [1.807, 2.05) is 13.8 Å². The average Bonchev–Trinajstić information content (AvgIpc) is 2.31. The first kappa shape index (κ1) is 15.1. The third-order valence-corrected chi connectivity index (χ3v) is 3.20. The maximum absolute atomic E-state index is 12.0. The van der Waals surface area contributed by atoms with Gasteiger partial charge in [0.05, 0.1) is 5.56 Å². The fraction of sp³-hybridized carbons (Fsp3) is 0.462. The molecule has 0 bridgehead atoms. The number of benzene rings is 1. The van der Waals surface area contributed by atoms with Crippen LogP contribution >= 0.6 is 23.2 Å². The smallest absolute Gasteiger partial charge is 0.255 e. The second-order valence-corrected chi connectivity index (χ2v) is 5.28. The van der Waals surface area contributed by atoms with Crippen LogP contribution in [0.15, 0.2) is 18.2 Å². The maximum Gasteiger partial charge on any atom is 0.255 e. The number of hydrogen-bond acceptors (Lipinski definition) is 2. The first-order valence-corrected chi connectivity index (χ1v) is 6.72. The van der Waals surface area contributed by atoms with Gasteiger partial charge in [0, 0.05) is 16.9 Å². The molecule has 0 fully saturated rings. The highest BCUT2D eigenvalue weighted by atomic mass is 35.5. The van der Waals surface area contributed by atoms with Crippen molar-refractivity contribution in [3.63, 3.8) is 0 Å². The summed E-state index contributed by atoms with van der Waals surface area (Å²) in [4.78, 5) is 12.0. The Morgan fingerprint density at radius 1 is 1.44 bits per heavy atom. The molecule has 0 aromatic heterocycles. The average molecular weight is 290 g/mol. The first-order valence-electron chi connectivity index (χ1n) is 5.81. The van der Waals surface area contributed by atoms with Crippen molar-refractivity contribution in [1.82, 2.24) is 5.32 Å². The molecule has 1 aromatic carbocycles. The van der Waals surface area contributed by atoms with Crippen molar-refractivity contribution >= 4 is 29.1 Å². The highest BCUT2D eigenvalue weighted by molar-refractivity contribution is 6.31. The summed E-state index contributed by atoms with van der Waals surface area (Å²) in [6.45, 7) is 4.02. The van der Waals surface area contributed by atoms with E-state index in [-0.39, 0.29) is 29.2 Å². The molecule has 0 radical (unpaired) electrons. The van der Waals surface area contributed by atoms with Crippen molar-refractivity contribution in [1.29, 1.82) is 0 Å². The molecule has 0 aliphatic rings. The molecular formula is C13H17Cl2NO2. The van der Waals surface area contributed by atoms with Crippen molar-refractivity contribution in [2.24, 2.45) is 5.92 Å². The van der Waals surface area contributed by atoms with Crippen molar-refractivity contribution in [3.05, 3.63) is 28.8 Å². The number of carbonyl (C=O) groups excluding carboxylic acids is 1. The van der Waals surface area contributed by atoms with E-state index in [0.717, 1.165) is 0 Å². The third-order valence-electron chi connectivity index (χ3n) is 2.74. The van der Waals surface area contributed by atoms with Crippen molar-refractivity contribution in [2.45, 2.75) is 26.3 Å². The number of alkyl halides is 1. The number of phenolic OH excluding ortho intramolecular Hbond substituents is 1. The zero-order chi connectivity index (χ0) is 13.7. The van der Waals surface area contributed by atoms with E-state index >= 15 is 0 Å². The van der Waals surface area contributed by atoms with Crippen molar-refractivity contribution in [2.75, 3.05) is 5.88 Å². The Bertz CT molecular complexity index is 421. The summed E-state index contributed by atoms with van der Waals surface area (Å²) in [5.41, 5.74) is 0.183. The second kappa shape index (κ2) is 6.86. The highest BCUT2D eigenvalue weighted by Gasteiger charge is 2.18. The quantitative estimate of drug-likeness (QED) is 0.816. The lowest BCUT2D eigenvalue weighted by Gasteiger charge is -2.21. The van der Waals surface area contributed by atoms with E-state index in [1.54, 1.807) is 0 Å². The van der Waals surface area contributed by atoms with E-state index in [0.29, 0.717) is 17.3 Å². The van der Waals surface area contributed by atoms with Gasteiger partial charge in [0.1, 0.15) is 5.75 Å². The van der Waals surface area contributed by atoms with Gasteiger partial charge in [-0.25, -0.2) is 0 Å². The molecule has 3 nitrogen and oxygen atoms in total. The minimum atomic E-state index is -0.334. The maximum atomic E-state index is 12.0. The Morgan fingerprint density at radius 2 is 2.11 bits per heavy atom. The number of nitrogens with one attached hydrogen (secondary N) is 1. The largest absolute Gasteiger partial charge is 0.507 e. The number of carbonyl (C=O) groups is 1. The fourth-order valence-corrected chi connectivity index (χ4v) is 2.03. The van der Waals surface area contributed by atoms with Gasteiger partial charge in [0.2, 0.25) is 0 Å². The molecule has 0 heterocycles. The van der Waals surface area contributed by atoms with Crippen LogP contribution in [0, 0.1) is 5.92 Å². The van der Waals surface area contributed by atoms with E-state index in [4.69, 9.17) is 23.2 Å². The molecular weight excluding hydrogens is 273 g/mol. The van der Waals surface area contributed by atoms with Crippen LogP contribution in [-0.4, -0.2) is 22.9 Å². The lowest BCUT2D eigenvalue weighted by atomic mass is 10.0. The zero-order valence-electron chi connectivity index (χ0n) is 10.4. The van der Waals surface area contributed by atoms with Crippen molar-refractivity contribution in [3.8, 4) is 5.75 Å². The van der Waals surface area contributed by atoms with Gasteiger partial charge >= 0.3 is 0 Å². The molecule has 0 aliphatic carbocycles. The number of amides is 1. The summed E-state index contributed by atoms with van der Waals surface area (Å²) in [6, 6.07) is 4.37. The van der Waals surface area contributed by atoms with Gasteiger partial charge in [-0.15, -0.1) is 11.6 Å². The van der Waals surface area contributed by atoms with E-state index in [1.165, 1.54) is 18.2 Å². The molecule has 1 atom stereocenters. The van der Waals surface area contributed by atoms with Gasteiger partial charge in [-0.05, 0) is 30.5 Å².